The van der Waals surface area contributed by atoms with Crippen LogP contribution in [0.4, 0.5) is 0 Å². The van der Waals surface area contributed by atoms with Gasteiger partial charge < -0.3 is 9.47 Å². The molecule has 0 unspecified atom stereocenters. The van der Waals surface area contributed by atoms with Gasteiger partial charge in [-0.05, 0) is 61.2 Å². The molecule has 0 aliphatic carbocycles. The summed E-state index contributed by atoms with van der Waals surface area (Å²) in [6, 6.07) is 20.5. The number of carbonyl (C=O) groups is 2. The molecule has 0 aromatic heterocycles. The molecule has 0 N–H and O–H groups in total. The first-order valence-electron chi connectivity index (χ1n) is 10.1. The van der Waals surface area contributed by atoms with Crippen molar-refractivity contribution in [2.45, 2.75) is 20.8 Å². The van der Waals surface area contributed by atoms with Crippen LogP contribution in [0.15, 0.2) is 66.7 Å². The molecule has 0 radical (unpaired) electrons. The summed E-state index contributed by atoms with van der Waals surface area (Å²) in [5, 5.41) is 0. The quantitative estimate of drug-likeness (QED) is 0.219. The Kier molecular flexibility index (Phi) is 7.03. The fraction of sp³-hybridized carbons (Fsp3) is 0.185. The summed E-state index contributed by atoms with van der Waals surface area (Å²) in [6.07, 6.45) is 1.72. The van der Waals surface area contributed by atoms with E-state index in [1.54, 1.807) is 13.2 Å². The van der Waals surface area contributed by atoms with Crippen LogP contribution in [0.3, 0.4) is 0 Å². The third kappa shape index (κ3) is 5.28. The molecule has 0 amide bonds. The zero-order chi connectivity index (χ0) is 22.4. The minimum absolute atomic E-state index is 0.223. The lowest BCUT2D eigenvalue weighted by molar-refractivity contribution is -0.135. The maximum atomic E-state index is 13.0. The number of esters is 1. The first kappa shape index (κ1) is 22.0. The summed E-state index contributed by atoms with van der Waals surface area (Å²) in [6.45, 7) is 5.53. The number of ether oxygens (including phenoxy) is 2. The Morgan fingerprint density at radius 3 is 2.19 bits per heavy atom. The van der Waals surface area contributed by atoms with E-state index in [-0.39, 0.29) is 12.4 Å². The fourth-order valence-electron chi connectivity index (χ4n) is 3.37. The van der Waals surface area contributed by atoms with Crippen molar-refractivity contribution in [1.82, 2.24) is 0 Å². The Balaban J connectivity index is 1.87. The smallest absolute Gasteiger partial charge is 0.339 e. The Morgan fingerprint density at radius 1 is 0.839 bits per heavy atom. The summed E-state index contributed by atoms with van der Waals surface area (Å²) in [5.41, 5.74) is 5.40. The SMILES string of the molecule is COc1ccccc1/C=C(/C(=O)OCC(=O)c1cc(C)c(C)cc1C)c1ccccc1. The number of Topliss-reactive ketones (excluding diaryl/α,β-unsaturated/α-hetero) is 1. The van der Waals surface area contributed by atoms with Crippen LogP contribution in [0.25, 0.3) is 11.6 Å². The van der Waals surface area contributed by atoms with E-state index in [4.69, 9.17) is 9.47 Å². The van der Waals surface area contributed by atoms with E-state index in [1.807, 2.05) is 87.5 Å². The van der Waals surface area contributed by atoms with Gasteiger partial charge in [0.15, 0.2) is 6.61 Å². The van der Waals surface area contributed by atoms with Gasteiger partial charge in [-0.3, -0.25) is 4.79 Å². The Bertz CT molecular complexity index is 1130. The van der Waals surface area contributed by atoms with E-state index in [2.05, 4.69) is 0 Å². The molecule has 4 nitrogen and oxygen atoms in total. The molecule has 0 heterocycles. The molecule has 0 aliphatic rings. The van der Waals surface area contributed by atoms with Crippen LogP contribution in [0.1, 0.15) is 38.2 Å². The fourth-order valence-corrected chi connectivity index (χ4v) is 3.37. The van der Waals surface area contributed by atoms with Crippen LogP contribution in [0, 0.1) is 20.8 Å². The number of methoxy groups -OCH3 is 1. The van der Waals surface area contributed by atoms with Gasteiger partial charge in [-0.2, -0.15) is 0 Å². The van der Waals surface area contributed by atoms with Crippen molar-refractivity contribution in [3.8, 4) is 5.75 Å². The molecule has 3 aromatic carbocycles. The van der Waals surface area contributed by atoms with E-state index in [0.717, 1.165) is 22.3 Å². The van der Waals surface area contributed by atoms with Crippen molar-refractivity contribution in [2.75, 3.05) is 13.7 Å². The average molecular weight is 415 g/mol. The van der Waals surface area contributed by atoms with Gasteiger partial charge in [-0.15, -0.1) is 0 Å². The summed E-state index contributed by atoms with van der Waals surface area (Å²) >= 11 is 0. The predicted molar refractivity (Wildman–Crippen MR) is 123 cm³/mol. The molecule has 0 atom stereocenters. The maximum Gasteiger partial charge on any atom is 0.339 e. The highest BCUT2D eigenvalue weighted by molar-refractivity contribution is 6.22. The van der Waals surface area contributed by atoms with Gasteiger partial charge >= 0.3 is 5.97 Å². The molecular formula is C27H26O4. The number of hydrogen-bond donors (Lipinski definition) is 0. The van der Waals surface area contributed by atoms with Crippen LogP contribution in [0.5, 0.6) is 5.75 Å². The minimum Gasteiger partial charge on any atom is -0.496 e. The zero-order valence-electron chi connectivity index (χ0n) is 18.3. The first-order valence-corrected chi connectivity index (χ1v) is 10.1. The standard InChI is InChI=1S/C27H26O4/c1-18-14-20(3)23(15-19(18)2)25(28)17-31-27(29)24(21-10-6-5-7-11-21)16-22-12-8-9-13-26(22)30-4/h5-16H,17H2,1-4H3/b24-16+. The Hall–Kier alpha value is -3.66. The van der Waals surface area contributed by atoms with Gasteiger partial charge in [0.25, 0.3) is 0 Å². The van der Waals surface area contributed by atoms with Crippen LogP contribution in [0.2, 0.25) is 0 Å². The van der Waals surface area contributed by atoms with Crippen LogP contribution in [-0.4, -0.2) is 25.5 Å². The third-order valence-corrected chi connectivity index (χ3v) is 5.22. The molecule has 0 saturated heterocycles. The van der Waals surface area contributed by atoms with E-state index < -0.39 is 5.97 Å². The van der Waals surface area contributed by atoms with E-state index >= 15 is 0 Å². The van der Waals surface area contributed by atoms with Gasteiger partial charge in [0.05, 0.1) is 12.7 Å². The second-order valence-corrected chi connectivity index (χ2v) is 7.42. The second kappa shape index (κ2) is 9.90. The molecule has 0 aliphatic heterocycles. The molecular weight excluding hydrogens is 388 g/mol. The van der Waals surface area contributed by atoms with Crippen molar-refractivity contribution >= 4 is 23.4 Å². The topological polar surface area (TPSA) is 52.6 Å². The van der Waals surface area contributed by atoms with Crippen molar-refractivity contribution in [3.05, 3.63) is 100 Å². The molecule has 3 rings (SSSR count). The normalized spacial score (nSPS) is 11.2. The number of ketones is 1. The summed E-state index contributed by atoms with van der Waals surface area (Å²) in [7, 11) is 1.58. The van der Waals surface area contributed by atoms with Crippen LogP contribution >= 0.6 is 0 Å². The first-order chi connectivity index (χ1) is 14.9. The number of carbonyl (C=O) groups excluding carboxylic acids is 2. The Morgan fingerprint density at radius 2 is 1.48 bits per heavy atom. The monoisotopic (exact) mass is 414 g/mol. The van der Waals surface area contributed by atoms with Crippen LogP contribution < -0.4 is 4.74 Å². The molecule has 3 aromatic rings. The van der Waals surface area contributed by atoms with E-state index in [9.17, 15) is 9.59 Å². The summed E-state index contributed by atoms with van der Waals surface area (Å²) in [4.78, 5) is 25.7. The molecule has 158 valence electrons. The number of benzene rings is 3. The van der Waals surface area contributed by atoms with Crippen LogP contribution in [-0.2, 0) is 9.53 Å². The molecule has 0 spiro atoms. The Labute approximate surface area is 183 Å². The lowest BCUT2D eigenvalue weighted by atomic mass is 9.98. The highest BCUT2D eigenvalue weighted by Crippen LogP contribution is 2.26. The molecule has 0 bridgehead atoms. The van der Waals surface area contributed by atoms with Crippen molar-refractivity contribution in [2.24, 2.45) is 0 Å². The number of para-hydroxylation sites is 1. The van der Waals surface area contributed by atoms with E-state index in [0.29, 0.717) is 22.4 Å². The lowest BCUT2D eigenvalue weighted by Crippen LogP contribution is -2.16. The number of hydrogen-bond acceptors (Lipinski definition) is 4. The van der Waals surface area contributed by atoms with Gasteiger partial charge in [-0.1, -0.05) is 54.6 Å². The molecule has 31 heavy (non-hydrogen) atoms. The minimum atomic E-state index is -0.563. The van der Waals surface area contributed by atoms with Crippen molar-refractivity contribution in [1.29, 1.82) is 0 Å². The lowest BCUT2D eigenvalue weighted by Gasteiger charge is -2.12. The van der Waals surface area contributed by atoms with Crippen molar-refractivity contribution < 1.29 is 19.1 Å². The molecule has 0 saturated carbocycles. The third-order valence-electron chi connectivity index (χ3n) is 5.22. The van der Waals surface area contributed by atoms with Gasteiger partial charge in [0.1, 0.15) is 5.75 Å². The zero-order valence-corrected chi connectivity index (χ0v) is 18.3. The van der Waals surface area contributed by atoms with Gasteiger partial charge in [0, 0.05) is 11.1 Å². The van der Waals surface area contributed by atoms with Gasteiger partial charge in [-0.25, -0.2) is 4.79 Å². The van der Waals surface area contributed by atoms with Gasteiger partial charge in [0.2, 0.25) is 5.78 Å². The highest BCUT2D eigenvalue weighted by Gasteiger charge is 2.18. The van der Waals surface area contributed by atoms with E-state index in [1.165, 1.54) is 0 Å². The number of aryl methyl sites for hydroxylation is 3. The summed E-state index contributed by atoms with van der Waals surface area (Å²) in [5.74, 6) is -0.142. The highest BCUT2D eigenvalue weighted by atomic mass is 16.5. The molecule has 0 fully saturated rings. The molecule has 4 heteroatoms. The van der Waals surface area contributed by atoms with Crippen molar-refractivity contribution in [3.63, 3.8) is 0 Å². The maximum absolute atomic E-state index is 13.0. The largest absolute Gasteiger partial charge is 0.496 e. The average Bonchev–Trinajstić information content (AvgIpc) is 2.78. The predicted octanol–water partition coefficient (Wildman–Crippen LogP) is 5.59. The number of rotatable bonds is 7. The summed E-state index contributed by atoms with van der Waals surface area (Å²) < 4.78 is 10.8. The second-order valence-electron chi connectivity index (χ2n) is 7.42.